The number of carbonyl (C=O) groups is 2. The van der Waals surface area contributed by atoms with Crippen LogP contribution >= 0.6 is 11.6 Å². The van der Waals surface area contributed by atoms with E-state index < -0.39 is 12.0 Å². The number of hydrogen-bond donors (Lipinski definition) is 1. The fraction of sp³-hybridized carbons (Fsp3) is 0.412. The van der Waals surface area contributed by atoms with Crippen LogP contribution in [0.2, 0.25) is 5.02 Å². The van der Waals surface area contributed by atoms with Gasteiger partial charge in [-0.25, -0.2) is 9.59 Å². The van der Waals surface area contributed by atoms with Crippen molar-refractivity contribution in [2.24, 2.45) is 0 Å². The highest BCUT2D eigenvalue weighted by Gasteiger charge is 2.35. The molecule has 7 heteroatoms. The van der Waals surface area contributed by atoms with Gasteiger partial charge < -0.3 is 19.7 Å². The monoisotopic (exact) mass is 352 g/mol. The number of nitrogens with one attached hydrogen (secondary N) is 1. The molecule has 0 aliphatic carbocycles. The zero-order valence-corrected chi connectivity index (χ0v) is 14.7. The van der Waals surface area contributed by atoms with E-state index in [0.717, 1.165) is 0 Å². The lowest BCUT2D eigenvalue weighted by atomic mass is 9.95. The lowest BCUT2D eigenvalue weighted by Gasteiger charge is -2.33. The average Bonchev–Trinajstić information content (AvgIpc) is 2.56. The average molecular weight is 353 g/mol. The molecule has 1 aliphatic heterocycles. The molecule has 0 aromatic heterocycles. The number of ether oxygens (including phenoxy) is 2. The minimum atomic E-state index is -0.651. The van der Waals surface area contributed by atoms with Crippen LogP contribution in [-0.2, 0) is 14.3 Å². The van der Waals surface area contributed by atoms with Crippen molar-refractivity contribution in [1.29, 1.82) is 0 Å². The summed E-state index contributed by atoms with van der Waals surface area (Å²) >= 11 is 6.25. The first kappa shape index (κ1) is 18.3. The minimum absolute atomic E-state index is 0.149. The van der Waals surface area contributed by atoms with Crippen LogP contribution in [-0.4, -0.2) is 43.8 Å². The van der Waals surface area contributed by atoms with Crippen LogP contribution in [0.4, 0.5) is 4.79 Å². The smallest absolute Gasteiger partial charge is 0.338 e. The summed E-state index contributed by atoms with van der Waals surface area (Å²) in [5.41, 5.74) is 1.54. The minimum Gasteiger partial charge on any atom is -0.460 e. The van der Waals surface area contributed by atoms with Crippen molar-refractivity contribution in [3.8, 4) is 0 Å². The number of halogens is 1. The Kier molecular flexibility index (Phi) is 6.23. The fourth-order valence-electron chi connectivity index (χ4n) is 2.46. The Morgan fingerprint density at radius 2 is 2.04 bits per heavy atom. The Balaban J connectivity index is 2.32. The largest absolute Gasteiger partial charge is 0.460 e. The summed E-state index contributed by atoms with van der Waals surface area (Å²) in [7, 11) is 1.60. The van der Waals surface area contributed by atoms with Crippen molar-refractivity contribution in [2.75, 3.05) is 26.9 Å². The molecule has 1 N–H and O–H groups in total. The van der Waals surface area contributed by atoms with Crippen LogP contribution in [0.15, 0.2) is 35.5 Å². The number of hydrogen-bond acceptors (Lipinski definition) is 4. The van der Waals surface area contributed by atoms with Gasteiger partial charge in [0.1, 0.15) is 6.61 Å². The second-order valence-corrected chi connectivity index (χ2v) is 5.70. The third-order valence-corrected chi connectivity index (χ3v) is 4.20. The molecule has 0 spiro atoms. The Hall–Kier alpha value is -2.05. The number of allylic oxidation sites excluding steroid dienone is 1. The van der Waals surface area contributed by atoms with Gasteiger partial charge in [0.05, 0.1) is 18.2 Å². The molecule has 130 valence electrons. The summed E-state index contributed by atoms with van der Waals surface area (Å²) in [6, 6.07) is 6.14. The predicted molar refractivity (Wildman–Crippen MR) is 90.6 cm³/mol. The van der Waals surface area contributed by atoms with E-state index in [4.69, 9.17) is 21.1 Å². The van der Waals surface area contributed by atoms with Crippen LogP contribution < -0.4 is 5.32 Å². The number of benzene rings is 1. The van der Waals surface area contributed by atoms with Gasteiger partial charge in [-0.2, -0.15) is 0 Å². The molecule has 1 aromatic carbocycles. The molecule has 2 amide bonds. The highest BCUT2D eigenvalue weighted by Crippen LogP contribution is 2.34. The van der Waals surface area contributed by atoms with Crippen LogP contribution in [0, 0.1) is 0 Å². The number of carbonyl (C=O) groups excluding carboxylic acids is 2. The molecule has 0 saturated heterocycles. The summed E-state index contributed by atoms with van der Waals surface area (Å²) in [6.07, 6.45) is 0. The molecular weight excluding hydrogens is 332 g/mol. The predicted octanol–water partition coefficient (Wildman–Crippen LogP) is 2.89. The van der Waals surface area contributed by atoms with E-state index in [9.17, 15) is 9.59 Å². The van der Waals surface area contributed by atoms with Crippen molar-refractivity contribution in [1.82, 2.24) is 10.2 Å². The van der Waals surface area contributed by atoms with E-state index in [1.54, 1.807) is 38.2 Å². The van der Waals surface area contributed by atoms with Gasteiger partial charge in [-0.15, -0.1) is 0 Å². The second kappa shape index (κ2) is 8.17. The number of urea groups is 1. The quantitative estimate of drug-likeness (QED) is 0.631. The van der Waals surface area contributed by atoms with Gasteiger partial charge >= 0.3 is 12.0 Å². The summed E-state index contributed by atoms with van der Waals surface area (Å²) in [6.45, 7) is 4.61. The topological polar surface area (TPSA) is 67.9 Å². The van der Waals surface area contributed by atoms with Crippen LogP contribution in [0.25, 0.3) is 0 Å². The van der Waals surface area contributed by atoms with Gasteiger partial charge in [0.15, 0.2) is 0 Å². The summed E-state index contributed by atoms with van der Waals surface area (Å²) in [5, 5.41) is 3.27. The van der Waals surface area contributed by atoms with E-state index in [1.807, 2.05) is 6.92 Å². The normalized spacial score (nSPS) is 17.8. The lowest BCUT2D eigenvalue weighted by Crippen LogP contribution is -2.46. The fourth-order valence-corrected chi connectivity index (χ4v) is 2.70. The van der Waals surface area contributed by atoms with Crippen molar-refractivity contribution in [2.45, 2.75) is 19.9 Å². The molecule has 24 heavy (non-hydrogen) atoms. The van der Waals surface area contributed by atoms with E-state index in [0.29, 0.717) is 35.1 Å². The van der Waals surface area contributed by atoms with E-state index >= 15 is 0 Å². The zero-order chi connectivity index (χ0) is 17.7. The maximum Gasteiger partial charge on any atom is 0.338 e. The van der Waals surface area contributed by atoms with Crippen molar-refractivity contribution >= 4 is 23.6 Å². The number of nitrogens with zero attached hydrogens (tertiary/aromatic N) is 1. The van der Waals surface area contributed by atoms with E-state index in [1.165, 1.54) is 4.90 Å². The maximum atomic E-state index is 12.6. The van der Waals surface area contributed by atoms with Crippen LogP contribution in [0.1, 0.15) is 25.5 Å². The Morgan fingerprint density at radius 1 is 1.33 bits per heavy atom. The van der Waals surface area contributed by atoms with Crippen molar-refractivity contribution < 1.29 is 19.1 Å². The number of esters is 1. The second-order valence-electron chi connectivity index (χ2n) is 5.29. The van der Waals surface area contributed by atoms with Gasteiger partial charge in [0, 0.05) is 24.4 Å². The maximum absolute atomic E-state index is 12.6. The Morgan fingerprint density at radius 3 is 2.71 bits per heavy atom. The summed E-state index contributed by atoms with van der Waals surface area (Å²) in [4.78, 5) is 26.1. The van der Waals surface area contributed by atoms with Gasteiger partial charge in [-0.1, -0.05) is 29.8 Å². The molecule has 6 nitrogen and oxygen atoms in total. The Labute approximate surface area is 146 Å². The third kappa shape index (κ3) is 3.88. The third-order valence-electron chi connectivity index (χ3n) is 3.86. The van der Waals surface area contributed by atoms with Crippen molar-refractivity contribution in [3.63, 3.8) is 0 Å². The van der Waals surface area contributed by atoms with Gasteiger partial charge in [-0.05, 0) is 25.5 Å². The highest BCUT2D eigenvalue weighted by molar-refractivity contribution is 6.31. The van der Waals surface area contributed by atoms with E-state index in [-0.39, 0.29) is 12.6 Å². The highest BCUT2D eigenvalue weighted by atomic mass is 35.5. The lowest BCUT2D eigenvalue weighted by molar-refractivity contribution is -0.141. The molecule has 0 radical (unpaired) electrons. The number of rotatable bonds is 6. The SMILES string of the molecule is CCOCCOC(=O)C1=C(C)N(C)C(=O)N[C@@H]1c1ccccc1Cl. The van der Waals surface area contributed by atoms with Gasteiger partial charge in [-0.3, -0.25) is 0 Å². The summed E-state index contributed by atoms with van der Waals surface area (Å²) in [5.74, 6) is -0.496. The van der Waals surface area contributed by atoms with E-state index in [2.05, 4.69) is 5.32 Å². The van der Waals surface area contributed by atoms with Gasteiger partial charge in [0.2, 0.25) is 0 Å². The molecular formula is C17H21ClN2O4. The number of amides is 2. The summed E-state index contributed by atoms with van der Waals surface area (Å²) < 4.78 is 10.5. The molecule has 1 atom stereocenters. The standard InChI is InChI=1S/C17H21ClN2O4/c1-4-23-9-10-24-16(21)14-11(2)20(3)17(22)19-15(14)12-7-5-6-8-13(12)18/h5-8,15H,4,9-10H2,1-3H3,(H,19,22)/t15-/m1/s1. The van der Waals surface area contributed by atoms with Crippen LogP contribution in [0.3, 0.4) is 0 Å². The molecule has 1 aromatic rings. The Bertz CT molecular complexity index is 660. The molecule has 0 fully saturated rings. The van der Waals surface area contributed by atoms with Gasteiger partial charge in [0.25, 0.3) is 0 Å². The first-order valence-corrected chi connectivity index (χ1v) is 8.09. The molecule has 1 aliphatic rings. The first-order valence-electron chi connectivity index (χ1n) is 7.71. The first-order chi connectivity index (χ1) is 11.5. The van der Waals surface area contributed by atoms with Crippen LogP contribution in [0.5, 0.6) is 0 Å². The molecule has 0 bridgehead atoms. The van der Waals surface area contributed by atoms with Crippen molar-refractivity contribution in [3.05, 3.63) is 46.1 Å². The molecule has 0 unspecified atom stereocenters. The zero-order valence-electron chi connectivity index (χ0n) is 14.0. The molecule has 1 heterocycles. The molecule has 2 rings (SSSR count). The molecule has 0 saturated carbocycles.